The minimum absolute atomic E-state index is 0.0241. The molecule has 0 fully saturated rings. The lowest BCUT2D eigenvalue weighted by Gasteiger charge is -2.08. The van der Waals surface area contributed by atoms with Gasteiger partial charge in [0, 0.05) is 183 Å². The molecule has 0 aromatic carbocycles. The Morgan fingerprint density at radius 2 is 0.516 bits per heavy atom. The molecule has 0 aliphatic carbocycles. The number of Topliss-reactive ketones (excluding diaryl/α,β-unsaturated/α-hetero) is 5. The molecule has 41 heteroatoms. The second kappa shape index (κ2) is 42.5. The van der Waals surface area contributed by atoms with E-state index in [1.165, 1.54) is 95.0 Å². The number of carbonyl (C=O) groups excluding carboxylic acids is 5. The molecule has 0 bridgehead atoms. The van der Waals surface area contributed by atoms with E-state index < -0.39 is 133 Å². The minimum Gasteiger partial charge on any atom is -0.328 e. The maximum Gasteiger partial charge on any atom is 0.332 e. The highest BCUT2D eigenvalue weighted by Crippen LogP contribution is 2.14. The molecule has 662 valence electrons. The van der Waals surface area contributed by atoms with Crippen molar-refractivity contribution in [2.75, 3.05) is 0 Å². The third kappa shape index (κ3) is 21.9. The molecular weight excluding hydrogens is 1580 g/mol. The molecule has 12 aromatic heterocycles. The van der Waals surface area contributed by atoms with Gasteiger partial charge in [0.1, 0.15) is 46.4 Å². The van der Waals surface area contributed by atoms with Gasteiger partial charge < -0.3 is 51.4 Å². The highest BCUT2D eigenvalue weighted by molar-refractivity contribution is 5.78. The van der Waals surface area contributed by atoms with Crippen molar-refractivity contribution in [3.63, 3.8) is 0 Å². The Balaban J connectivity index is 0.000000232. The lowest BCUT2D eigenvalue weighted by atomic mass is 10.2. The number of unbranched alkanes of at least 4 members (excludes halogenated alkanes) is 3. The van der Waals surface area contributed by atoms with Crippen LogP contribution in [0.4, 0.5) is 0 Å². The Bertz CT molecular complexity index is 7640. The van der Waals surface area contributed by atoms with Crippen molar-refractivity contribution < 1.29 is 51.4 Å². The minimum atomic E-state index is -3.04. The summed E-state index contributed by atoms with van der Waals surface area (Å²) in [6.07, 6.45) is 1.31. The fraction of sp³-hybridized carbons (Fsp3) is 0.568. The Kier molecular flexibility index (Phi) is 24.4. The van der Waals surface area contributed by atoms with E-state index in [4.69, 9.17) is 27.4 Å². The van der Waals surface area contributed by atoms with Crippen LogP contribution < -0.4 is 67.5 Å². The number of ketones is 5. The summed E-state index contributed by atoms with van der Waals surface area (Å²) in [6.45, 7) is 1.29. The Labute approximate surface area is 726 Å². The van der Waals surface area contributed by atoms with Crippen molar-refractivity contribution in [3.05, 3.63) is 161 Å². The lowest BCUT2D eigenvalue weighted by Crippen LogP contribution is -2.39. The van der Waals surface area contributed by atoms with Crippen LogP contribution in [0, 0.1) is 20.8 Å². The van der Waals surface area contributed by atoms with E-state index in [1.54, 1.807) is 70.0 Å². The van der Waals surface area contributed by atoms with Crippen LogP contribution in [0.2, 0.25) is 0 Å². The normalized spacial score (nSPS) is 14.5. The molecule has 0 saturated heterocycles. The smallest absolute Gasteiger partial charge is 0.328 e. The quantitative estimate of drug-likeness (QED) is 0.0584. The summed E-state index contributed by atoms with van der Waals surface area (Å²) in [6, 6.07) is 0. The van der Waals surface area contributed by atoms with E-state index in [2.05, 4.69) is 29.9 Å². The molecule has 0 atom stereocenters. The van der Waals surface area contributed by atoms with Gasteiger partial charge in [0.05, 0.1) is 19.0 Å². The van der Waals surface area contributed by atoms with Crippen LogP contribution in [0.3, 0.4) is 0 Å². The highest BCUT2D eigenvalue weighted by atomic mass is 16.2. The number of nitrogens with zero attached hydrogens (tertiary/aromatic N) is 24. The molecular formula is C81H116N24O17. The second-order valence-electron chi connectivity index (χ2n) is 28.8. The molecule has 41 nitrogen and oxygen atoms in total. The molecule has 122 heavy (non-hydrogen) atoms. The van der Waals surface area contributed by atoms with Crippen molar-refractivity contribution in [1.29, 1.82) is 0 Å². The first-order valence-electron chi connectivity index (χ1n) is 48.7. The summed E-state index contributed by atoms with van der Waals surface area (Å²) in [4.78, 5) is 229. The number of hydrogen-bond acceptors (Lipinski definition) is 23. The van der Waals surface area contributed by atoms with Crippen LogP contribution in [-0.2, 0) is 148 Å². The summed E-state index contributed by atoms with van der Waals surface area (Å²) < 4.78 is 171. The van der Waals surface area contributed by atoms with Gasteiger partial charge in [-0.3, -0.25) is 83.6 Å². The van der Waals surface area contributed by atoms with Crippen molar-refractivity contribution in [1.82, 2.24) is 112 Å². The maximum absolute atomic E-state index is 12.9. The molecule has 12 heterocycles. The monoisotopic (exact) mass is 1720 g/mol. The van der Waals surface area contributed by atoms with Gasteiger partial charge in [-0.15, -0.1) is 0 Å². The summed E-state index contributed by atoms with van der Waals surface area (Å²) in [5, 5.41) is 0. The SMILES string of the molecule is CC(=O)CCCCn1c(=O)c2c(ncn2C)n(C)c1=O.[2H]C([2H])(C)CCCCn1c(=O)c2c(ncn2C)n(C)c1=O.[2H]C([2H])(CCCn1c(=O)c2c(nc(C)n2C([2H])([2H])[2H])n(C([2H])([2H])[2H])c1=O)C(C)=O.[2H]C([2H])(CCCn1c(=O)c2c(nc(C)n2C([2H])([2H])[2H])n(C)c1=O)C(C)=O.[2H]C([2H])(CCCn1c(=O)c2c(nc(C)n2C)n(C)c1=O)C(C)=O.[2H]C([2H])([2H])n1c(=O)n(CCCCC(C)=O)c(=O)c2c1ncn2C. The molecule has 0 amide bonds. The first kappa shape index (κ1) is 70.0. The number of carbonyl (C=O) groups is 5. The summed E-state index contributed by atoms with van der Waals surface area (Å²) in [5.41, 5.74) is -6.80. The van der Waals surface area contributed by atoms with Crippen molar-refractivity contribution >= 4 is 95.9 Å². The largest absolute Gasteiger partial charge is 0.332 e. The molecule has 0 aliphatic heterocycles. The van der Waals surface area contributed by atoms with E-state index in [9.17, 15) is 81.5 Å². The van der Waals surface area contributed by atoms with Crippen molar-refractivity contribution in [2.45, 2.75) is 223 Å². The molecule has 0 spiro atoms. The fourth-order valence-electron chi connectivity index (χ4n) is 12.9. The van der Waals surface area contributed by atoms with E-state index in [0.717, 1.165) is 36.7 Å². The van der Waals surface area contributed by atoms with Gasteiger partial charge in [-0.2, -0.15) is 0 Å². The van der Waals surface area contributed by atoms with Crippen LogP contribution in [0.15, 0.2) is 76.5 Å². The van der Waals surface area contributed by atoms with Crippen LogP contribution in [0.5, 0.6) is 0 Å². The standard InChI is InChI=1S/3C14H20N4O3.2C13H18N4O3.C13H20N4O2/c3*1-9(19)7-5-6-8-18-13(20)11-12(17(4)14(18)21)15-10(2)16(11)3;2*1-9(18)6-4-5-7-17-12(19)10-11(14-8-15(10)2)16(3)13(17)20;1-4-5-6-7-8-17-12(18)10-11(14-9-15(10)2)16(3)13(17)19/h3*5-8H2,1-4H3;2*8H,4-7H2,1-3H3;9H,4-8H2,1-3H3/i3D3,4D3,7D2;3D3,7D2;7D2;3D3;;4D2. The van der Waals surface area contributed by atoms with Gasteiger partial charge in [-0.25, -0.2) is 58.7 Å². The zero-order chi connectivity index (χ0) is 108. The first-order chi connectivity index (χ1) is 65.2. The summed E-state index contributed by atoms with van der Waals surface area (Å²) in [7, 11) is 12.8. The van der Waals surface area contributed by atoms with E-state index in [1.807, 2.05) is 0 Å². The van der Waals surface area contributed by atoms with Crippen molar-refractivity contribution in [2.24, 2.45) is 84.3 Å². The maximum atomic E-state index is 12.9. The zero-order valence-corrected chi connectivity index (χ0v) is 71.3. The number of hydrogen-bond donors (Lipinski definition) is 0. The third-order valence-corrected chi connectivity index (χ3v) is 19.6. The van der Waals surface area contributed by atoms with Gasteiger partial charge >= 0.3 is 34.1 Å². The number of aromatic nitrogens is 24. The van der Waals surface area contributed by atoms with Gasteiger partial charge in [0.25, 0.3) is 33.4 Å². The number of imidazole rings is 6. The van der Waals surface area contributed by atoms with E-state index >= 15 is 0 Å². The third-order valence-electron chi connectivity index (χ3n) is 19.6. The second-order valence-corrected chi connectivity index (χ2v) is 28.8. The van der Waals surface area contributed by atoms with Gasteiger partial charge in [-0.1, -0.05) is 26.1 Å². The van der Waals surface area contributed by atoms with Gasteiger partial charge in [0.2, 0.25) is 0 Å². The predicted molar refractivity (Wildman–Crippen MR) is 462 cm³/mol. The predicted octanol–water partition coefficient (Wildman–Crippen LogP) is 2.90. The molecule has 0 saturated carbocycles. The summed E-state index contributed by atoms with van der Waals surface area (Å²) >= 11 is 0. The summed E-state index contributed by atoms with van der Waals surface area (Å²) in [5.74, 6) is -1.24. The first-order valence-corrected chi connectivity index (χ1v) is 38.7. The van der Waals surface area contributed by atoms with Gasteiger partial charge in [0.15, 0.2) is 67.0 Å². The van der Waals surface area contributed by atoms with Crippen LogP contribution in [-0.4, -0.2) is 141 Å². The highest BCUT2D eigenvalue weighted by Gasteiger charge is 2.23. The van der Waals surface area contributed by atoms with E-state index in [0.29, 0.717) is 124 Å². The number of fused-ring (bicyclic) bond motifs is 6. The molecule has 0 N–H and O–H groups in total. The lowest BCUT2D eigenvalue weighted by molar-refractivity contribution is -0.118. The Hall–Kier alpha value is -12.8. The molecule has 12 rings (SSSR count). The molecule has 0 aliphatic rings. The average Bonchev–Trinajstić information content (AvgIpc) is 1.57. The van der Waals surface area contributed by atoms with E-state index in [-0.39, 0.29) is 131 Å². The van der Waals surface area contributed by atoms with Crippen LogP contribution in [0.1, 0.15) is 208 Å². The zero-order valence-electron chi connectivity index (χ0n) is 91.3. The van der Waals surface area contributed by atoms with Gasteiger partial charge in [-0.05, 0) is 126 Å². The van der Waals surface area contributed by atoms with Crippen molar-refractivity contribution in [3.8, 4) is 0 Å². The average molecular weight is 1720 g/mol. The fourth-order valence-corrected chi connectivity index (χ4v) is 12.9. The van der Waals surface area contributed by atoms with Crippen LogP contribution >= 0.6 is 0 Å². The Morgan fingerprint density at radius 1 is 0.287 bits per heavy atom. The van der Waals surface area contributed by atoms with Crippen LogP contribution in [0.25, 0.3) is 67.0 Å². The number of rotatable bonds is 30. The number of aryl methyl sites for hydroxylation is 15. The molecule has 12 aromatic rings. The molecule has 0 unspecified atom stereocenters. The molecule has 0 radical (unpaired) electrons. The Morgan fingerprint density at radius 3 is 0.795 bits per heavy atom. The topological polar surface area (TPSA) is 456 Å².